The van der Waals surface area contributed by atoms with Gasteiger partial charge in [0.05, 0.1) is 0 Å². The lowest BCUT2D eigenvalue weighted by atomic mass is 10.2. The summed E-state index contributed by atoms with van der Waals surface area (Å²) in [5, 5.41) is 4.79. The number of hydrogen-bond acceptors (Lipinski definition) is 5. The van der Waals surface area contributed by atoms with E-state index in [2.05, 4.69) is 9.17 Å². The Labute approximate surface area is 115 Å². The topological polar surface area (TPSA) is 95.4 Å². The van der Waals surface area contributed by atoms with Crippen molar-refractivity contribution >= 4 is 21.4 Å². The Hall–Kier alpha value is -2.38. The molecule has 2 N–H and O–H groups in total. The highest BCUT2D eigenvalue weighted by molar-refractivity contribution is 7.84. The molecule has 0 fully saturated rings. The molecule has 1 heterocycles. The molecule has 0 saturated carbocycles. The molecule has 0 aliphatic carbocycles. The maximum atomic E-state index is 10.8. The van der Waals surface area contributed by atoms with E-state index < -0.39 is 10.3 Å². The molecule has 0 bridgehead atoms. The van der Waals surface area contributed by atoms with E-state index in [4.69, 9.17) is 9.56 Å². The van der Waals surface area contributed by atoms with E-state index in [9.17, 15) is 8.42 Å². The van der Waals surface area contributed by atoms with Gasteiger partial charge in [0.25, 0.3) is 0 Å². The van der Waals surface area contributed by atoms with Crippen LogP contribution in [0.4, 0.5) is 0 Å². The fraction of sp³-hybridized carbons (Fsp3) is 0. The molecule has 0 unspecified atom stereocenters. The molecule has 20 heavy (non-hydrogen) atoms. The molecule has 0 spiro atoms. The van der Waals surface area contributed by atoms with Crippen LogP contribution in [0.1, 0.15) is 0 Å². The summed E-state index contributed by atoms with van der Waals surface area (Å²) in [7, 11) is -4.01. The summed E-state index contributed by atoms with van der Waals surface area (Å²) in [4.78, 5) is 4.34. The highest BCUT2D eigenvalue weighted by Gasteiger charge is 2.09. The zero-order chi connectivity index (χ0) is 14.2. The summed E-state index contributed by atoms with van der Waals surface area (Å²) >= 11 is 0. The van der Waals surface area contributed by atoms with Crippen LogP contribution in [0.5, 0.6) is 5.75 Å². The van der Waals surface area contributed by atoms with Gasteiger partial charge in [0.2, 0.25) is 5.89 Å². The van der Waals surface area contributed by atoms with E-state index in [0.717, 1.165) is 5.52 Å². The minimum absolute atomic E-state index is 0.132. The molecule has 0 amide bonds. The first-order chi connectivity index (χ1) is 9.51. The Morgan fingerprint density at radius 3 is 2.40 bits per heavy atom. The Bertz CT molecular complexity index is 820. The predicted octanol–water partition coefficient (Wildman–Crippen LogP) is 2.08. The molecule has 1 aromatic heterocycles. The Kier molecular flexibility index (Phi) is 2.92. The summed E-state index contributed by atoms with van der Waals surface area (Å²) in [5.41, 5.74) is 2.16. The molecule has 0 radical (unpaired) electrons. The zero-order valence-electron chi connectivity index (χ0n) is 10.2. The van der Waals surface area contributed by atoms with Crippen LogP contribution in [-0.2, 0) is 10.3 Å². The summed E-state index contributed by atoms with van der Waals surface area (Å²) in [5.74, 6) is 0.584. The number of rotatable bonds is 3. The first-order valence-corrected chi connectivity index (χ1v) is 7.17. The molecular weight excluding hydrogens is 280 g/mol. The Morgan fingerprint density at radius 2 is 1.75 bits per heavy atom. The largest absolute Gasteiger partial charge is 0.436 e. The lowest BCUT2D eigenvalue weighted by Gasteiger charge is -2.02. The second-order valence-corrected chi connectivity index (χ2v) is 5.24. The van der Waals surface area contributed by atoms with Gasteiger partial charge in [0, 0.05) is 5.56 Å². The van der Waals surface area contributed by atoms with E-state index >= 15 is 0 Å². The lowest BCUT2D eigenvalue weighted by Crippen LogP contribution is -2.18. The van der Waals surface area contributed by atoms with Gasteiger partial charge < -0.3 is 8.60 Å². The summed E-state index contributed by atoms with van der Waals surface area (Å²) in [6.07, 6.45) is 0. The van der Waals surface area contributed by atoms with Crippen molar-refractivity contribution in [2.45, 2.75) is 0 Å². The van der Waals surface area contributed by atoms with Crippen molar-refractivity contribution < 1.29 is 17.0 Å². The highest BCUT2D eigenvalue weighted by Crippen LogP contribution is 2.25. The van der Waals surface area contributed by atoms with Crippen molar-refractivity contribution in [1.29, 1.82) is 0 Å². The van der Waals surface area contributed by atoms with Gasteiger partial charge >= 0.3 is 10.3 Å². The minimum Gasteiger partial charge on any atom is -0.436 e. The van der Waals surface area contributed by atoms with Crippen LogP contribution in [0.2, 0.25) is 0 Å². The fourth-order valence-electron chi connectivity index (χ4n) is 1.78. The third kappa shape index (κ3) is 2.63. The van der Waals surface area contributed by atoms with Crippen molar-refractivity contribution in [3.63, 3.8) is 0 Å². The van der Waals surface area contributed by atoms with Gasteiger partial charge in [-0.2, -0.15) is 13.6 Å². The molecule has 102 valence electrons. The van der Waals surface area contributed by atoms with Crippen LogP contribution in [0.25, 0.3) is 22.6 Å². The van der Waals surface area contributed by atoms with Gasteiger partial charge in [-0.05, 0) is 36.4 Å². The molecule has 2 aromatic carbocycles. The third-order valence-electron chi connectivity index (χ3n) is 2.61. The number of benzene rings is 2. The number of para-hydroxylation sites is 2. The predicted molar refractivity (Wildman–Crippen MR) is 73.2 cm³/mol. The monoisotopic (exact) mass is 290 g/mol. The van der Waals surface area contributed by atoms with Crippen LogP contribution >= 0.6 is 0 Å². The van der Waals surface area contributed by atoms with Crippen molar-refractivity contribution in [3.05, 3.63) is 48.5 Å². The number of oxazole rings is 1. The Morgan fingerprint density at radius 1 is 1.05 bits per heavy atom. The van der Waals surface area contributed by atoms with Gasteiger partial charge in [-0.1, -0.05) is 12.1 Å². The molecular formula is C13H10N2O4S. The molecule has 0 saturated heterocycles. The maximum Gasteiger partial charge on any atom is 0.380 e. The lowest BCUT2D eigenvalue weighted by molar-refractivity contribution is 0.488. The quantitative estimate of drug-likeness (QED) is 0.796. The first kappa shape index (κ1) is 12.6. The normalized spacial score (nSPS) is 11.7. The van der Waals surface area contributed by atoms with E-state index in [-0.39, 0.29) is 5.75 Å². The summed E-state index contributed by atoms with van der Waals surface area (Å²) in [6.45, 7) is 0. The van der Waals surface area contributed by atoms with Crippen molar-refractivity contribution in [1.82, 2.24) is 4.98 Å². The van der Waals surface area contributed by atoms with E-state index in [1.54, 1.807) is 12.1 Å². The van der Waals surface area contributed by atoms with Crippen molar-refractivity contribution in [2.75, 3.05) is 0 Å². The van der Waals surface area contributed by atoms with Gasteiger partial charge in [-0.15, -0.1) is 0 Å². The highest BCUT2D eigenvalue weighted by atomic mass is 32.2. The molecule has 0 atom stereocenters. The van der Waals surface area contributed by atoms with Gasteiger partial charge in [-0.25, -0.2) is 4.98 Å². The first-order valence-electron chi connectivity index (χ1n) is 5.69. The second-order valence-electron chi connectivity index (χ2n) is 4.09. The molecule has 7 heteroatoms. The second kappa shape index (κ2) is 4.62. The van der Waals surface area contributed by atoms with E-state index in [0.29, 0.717) is 17.0 Å². The zero-order valence-corrected chi connectivity index (χ0v) is 11.0. The molecule has 3 aromatic rings. The van der Waals surface area contributed by atoms with Gasteiger partial charge in [0.15, 0.2) is 5.58 Å². The third-order valence-corrected chi connectivity index (χ3v) is 3.03. The molecule has 0 aliphatic heterocycles. The van der Waals surface area contributed by atoms with Gasteiger partial charge in [-0.3, -0.25) is 0 Å². The molecule has 3 rings (SSSR count). The standard InChI is InChI=1S/C13H10N2O4S/c14-20(16,17)19-10-7-5-9(6-8-10)13-15-11-3-1-2-4-12(11)18-13/h1-8H,(H2,14,16,17). The van der Waals surface area contributed by atoms with Crippen LogP contribution in [-0.4, -0.2) is 13.4 Å². The van der Waals surface area contributed by atoms with Crippen LogP contribution in [0, 0.1) is 0 Å². The molecule has 0 aliphatic rings. The number of nitrogens with two attached hydrogens (primary N) is 1. The van der Waals surface area contributed by atoms with Crippen LogP contribution in [0.15, 0.2) is 52.9 Å². The number of nitrogens with zero attached hydrogens (tertiary/aromatic N) is 1. The number of hydrogen-bond donors (Lipinski definition) is 1. The minimum atomic E-state index is -4.01. The van der Waals surface area contributed by atoms with Crippen LogP contribution in [0.3, 0.4) is 0 Å². The maximum absolute atomic E-state index is 10.8. The number of fused-ring (bicyclic) bond motifs is 1. The van der Waals surface area contributed by atoms with Crippen molar-refractivity contribution in [3.8, 4) is 17.2 Å². The smallest absolute Gasteiger partial charge is 0.380 e. The van der Waals surface area contributed by atoms with Crippen LogP contribution < -0.4 is 9.32 Å². The summed E-state index contributed by atoms with van der Waals surface area (Å²) in [6, 6.07) is 13.7. The molecule has 6 nitrogen and oxygen atoms in total. The van der Waals surface area contributed by atoms with E-state index in [1.165, 1.54) is 12.1 Å². The SMILES string of the molecule is NS(=O)(=O)Oc1ccc(-c2nc3ccccc3o2)cc1. The Balaban J connectivity index is 1.94. The van der Waals surface area contributed by atoms with Crippen molar-refractivity contribution in [2.24, 2.45) is 5.14 Å². The van der Waals surface area contributed by atoms with E-state index in [1.807, 2.05) is 24.3 Å². The summed E-state index contributed by atoms with van der Waals surface area (Å²) < 4.78 is 31.7. The fourth-order valence-corrected chi connectivity index (χ4v) is 2.16. The van der Waals surface area contributed by atoms with Gasteiger partial charge in [0.1, 0.15) is 11.3 Å². The average Bonchev–Trinajstić information content (AvgIpc) is 2.81. The number of aromatic nitrogens is 1. The average molecular weight is 290 g/mol.